The minimum absolute atomic E-state index is 1.05. The molecule has 0 radical (unpaired) electrons. The molecule has 13 heavy (non-hydrogen) atoms. The van der Waals surface area contributed by atoms with E-state index in [0.717, 1.165) is 17.3 Å². The molecule has 0 bridgehead atoms. The quantitative estimate of drug-likeness (QED) is 0.833. The summed E-state index contributed by atoms with van der Waals surface area (Å²) in [6.07, 6.45) is 2.17. The molecule has 1 atom stereocenters. The molecule has 0 aliphatic heterocycles. The van der Waals surface area contributed by atoms with E-state index in [1.165, 1.54) is 9.14 Å². The third-order valence-corrected chi connectivity index (χ3v) is 9.22. The predicted octanol–water partition coefficient (Wildman–Crippen LogP) is 1.58. The van der Waals surface area contributed by atoms with Crippen LogP contribution in [0.15, 0.2) is 24.3 Å². The normalized spacial score (nSPS) is 12.8. The number of hydrogen-bond donors (Lipinski definition) is 1. The molecular formula is C11H18OSn. The molecule has 0 saturated carbocycles. The average Bonchev–Trinajstić information content (AvgIpc) is 2.18. The molecule has 0 aliphatic rings. The molecule has 1 unspecified atom stereocenters. The summed E-state index contributed by atoms with van der Waals surface area (Å²) in [5, 5.41) is 0. The first-order chi connectivity index (χ1) is 6.29. The Balaban J connectivity index is 2.85. The van der Waals surface area contributed by atoms with Crippen LogP contribution in [0.5, 0.6) is 0 Å². The van der Waals surface area contributed by atoms with Crippen molar-refractivity contribution in [3.05, 3.63) is 29.8 Å². The molecule has 1 nitrogen and oxygen atoms in total. The van der Waals surface area contributed by atoms with E-state index in [-0.39, 0.29) is 0 Å². The molecule has 0 aliphatic carbocycles. The Labute approximate surface area is 88.1 Å². The van der Waals surface area contributed by atoms with E-state index in [2.05, 4.69) is 32.0 Å². The second-order valence-corrected chi connectivity index (χ2v) is 9.72. The maximum absolute atomic E-state index is 10.0. The molecule has 0 spiro atoms. The van der Waals surface area contributed by atoms with Gasteiger partial charge in [0.1, 0.15) is 0 Å². The first-order valence-electron chi connectivity index (χ1n) is 5.05. The fraction of sp³-hybridized carbons (Fsp3) is 0.455. The Morgan fingerprint density at radius 1 is 1.23 bits per heavy atom. The van der Waals surface area contributed by atoms with Gasteiger partial charge in [-0.3, -0.25) is 0 Å². The minimum atomic E-state index is -2.30. The van der Waals surface area contributed by atoms with E-state index in [1.54, 1.807) is 0 Å². The van der Waals surface area contributed by atoms with Gasteiger partial charge in [0, 0.05) is 0 Å². The molecule has 0 amide bonds. The zero-order chi connectivity index (χ0) is 9.68. The summed E-state index contributed by atoms with van der Waals surface area (Å²) in [5.41, 5.74) is 1.36. The summed E-state index contributed by atoms with van der Waals surface area (Å²) < 4.78 is 12.4. The zero-order valence-corrected chi connectivity index (χ0v) is 11.8. The molecule has 1 N–H and O–H groups in total. The van der Waals surface area contributed by atoms with Gasteiger partial charge in [-0.05, 0) is 0 Å². The van der Waals surface area contributed by atoms with Crippen LogP contribution in [0.3, 0.4) is 0 Å². The van der Waals surface area contributed by atoms with Crippen molar-refractivity contribution in [2.45, 2.75) is 31.1 Å². The molecule has 0 fully saturated rings. The summed E-state index contributed by atoms with van der Waals surface area (Å²) in [7, 11) is 0. The van der Waals surface area contributed by atoms with Gasteiger partial charge in [0.25, 0.3) is 0 Å². The molecule has 1 aromatic rings. The molecule has 1 aromatic carbocycles. The van der Waals surface area contributed by atoms with Crippen molar-refractivity contribution in [1.29, 1.82) is 0 Å². The molecular weight excluding hydrogens is 267 g/mol. The predicted molar refractivity (Wildman–Crippen MR) is 59.9 cm³/mol. The molecule has 0 heterocycles. The third kappa shape index (κ3) is 2.99. The Morgan fingerprint density at radius 2 is 1.92 bits per heavy atom. The van der Waals surface area contributed by atoms with Crippen LogP contribution in [-0.4, -0.2) is 23.6 Å². The van der Waals surface area contributed by atoms with Gasteiger partial charge in [0.2, 0.25) is 0 Å². The molecule has 2 heteroatoms. The van der Waals surface area contributed by atoms with E-state index in [9.17, 15) is 3.44 Å². The van der Waals surface area contributed by atoms with Crippen LogP contribution < -0.4 is 3.58 Å². The number of hydrogen-bond acceptors (Lipinski definition) is 1. The molecule has 0 saturated heterocycles. The van der Waals surface area contributed by atoms with Crippen molar-refractivity contribution in [2.24, 2.45) is 0 Å². The Morgan fingerprint density at radius 3 is 2.54 bits per heavy atom. The van der Waals surface area contributed by atoms with Crippen molar-refractivity contribution >= 4 is 23.8 Å². The SMILES string of the molecule is CC[CH2][SnH]([OH])[c]1ccccc1CC. The summed E-state index contributed by atoms with van der Waals surface area (Å²) >= 11 is -2.30. The van der Waals surface area contributed by atoms with Gasteiger partial charge in [-0.1, -0.05) is 0 Å². The number of aryl methyl sites for hydroxylation is 1. The third-order valence-electron chi connectivity index (χ3n) is 2.36. The number of rotatable bonds is 4. The van der Waals surface area contributed by atoms with Crippen LogP contribution in [0.4, 0.5) is 0 Å². The van der Waals surface area contributed by atoms with Gasteiger partial charge < -0.3 is 0 Å². The van der Waals surface area contributed by atoms with E-state index in [4.69, 9.17) is 0 Å². The topological polar surface area (TPSA) is 20.2 Å². The second kappa shape index (κ2) is 5.65. The Hall–Kier alpha value is -0.0213. The Bertz CT molecular complexity index is 260. The van der Waals surface area contributed by atoms with Crippen molar-refractivity contribution in [1.82, 2.24) is 0 Å². The number of benzene rings is 1. The van der Waals surface area contributed by atoms with Crippen LogP contribution in [0, 0.1) is 0 Å². The van der Waals surface area contributed by atoms with Crippen LogP contribution in [-0.2, 0) is 6.42 Å². The second-order valence-electron chi connectivity index (χ2n) is 3.36. The van der Waals surface area contributed by atoms with E-state index < -0.39 is 20.2 Å². The van der Waals surface area contributed by atoms with Gasteiger partial charge in [0.05, 0.1) is 0 Å². The van der Waals surface area contributed by atoms with Gasteiger partial charge >= 0.3 is 88.2 Å². The van der Waals surface area contributed by atoms with Gasteiger partial charge in [-0.25, -0.2) is 0 Å². The van der Waals surface area contributed by atoms with Gasteiger partial charge in [-0.2, -0.15) is 0 Å². The summed E-state index contributed by atoms with van der Waals surface area (Å²) in [5.74, 6) is 0. The van der Waals surface area contributed by atoms with Crippen molar-refractivity contribution in [3.8, 4) is 0 Å². The molecule has 0 aromatic heterocycles. The van der Waals surface area contributed by atoms with Crippen molar-refractivity contribution in [3.63, 3.8) is 0 Å². The van der Waals surface area contributed by atoms with Gasteiger partial charge in [-0.15, -0.1) is 0 Å². The summed E-state index contributed by atoms with van der Waals surface area (Å²) in [6.45, 7) is 4.30. The fourth-order valence-corrected chi connectivity index (χ4v) is 7.09. The average molecular weight is 285 g/mol. The van der Waals surface area contributed by atoms with Crippen LogP contribution >= 0.6 is 0 Å². The summed E-state index contributed by atoms with van der Waals surface area (Å²) in [6, 6.07) is 8.37. The first-order valence-corrected chi connectivity index (χ1v) is 10.5. The molecule has 72 valence electrons. The van der Waals surface area contributed by atoms with E-state index in [1.807, 2.05) is 6.07 Å². The Kier molecular flexibility index (Phi) is 4.81. The van der Waals surface area contributed by atoms with Gasteiger partial charge in [0.15, 0.2) is 0 Å². The standard InChI is InChI=1S/C8H9.C3H7.H2O.Sn.H/c1-2-8-6-4-3-5-7-8;1-3-2;;;/h3-6H,2H2,1H3;1,3H2,2H3;1H2;;/q;;;+1;/p-1. The first kappa shape index (κ1) is 11.1. The van der Waals surface area contributed by atoms with Crippen LogP contribution in [0.25, 0.3) is 0 Å². The maximum atomic E-state index is 10.0. The van der Waals surface area contributed by atoms with Crippen LogP contribution in [0.2, 0.25) is 4.44 Å². The summed E-state index contributed by atoms with van der Waals surface area (Å²) in [4.78, 5) is 0. The van der Waals surface area contributed by atoms with Crippen molar-refractivity contribution in [2.75, 3.05) is 0 Å². The zero-order valence-electron chi connectivity index (χ0n) is 8.46. The van der Waals surface area contributed by atoms with Crippen LogP contribution in [0.1, 0.15) is 25.8 Å². The van der Waals surface area contributed by atoms with E-state index in [0.29, 0.717) is 0 Å². The molecule has 1 rings (SSSR count). The fourth-order valence-electron chi connectivity index (χ4n) is 1.61. The monoisotopic (exact) mass is 286 g/mol. The van der Waals surface area contributed by atoms with Crippen molar-refractivity contribution < 1.29 is 3.44 Å². The van der Waals surface area contributed by atoms with E-state index >= 15 is 0 Å².